The fraction of sp³-hybridized carbons (Fsp3) is 0.538. The van der Waals surface area contributed by atoms with Crippen molar-refractivity contribution in [3.8, 4) is 0 Å². The zero-order valence-electron chi connectivity index (χ0n) is 10.2. The minimum absolute atomic E-state index is 0.624. The number of hydrogen-bond acceptors (Lipinski definition) is 5. The quantitative estimate of drug-likeness (QED) is 0.850. The normalized spacial score (nSPS) is 27.7. The van der Waals surface area contributed by atoms with Crippen molar-refractivity contribution in [1.82, 2.24) is 15.3 Å². The van der Waals surface area contributed by atoms with Crippen molar-refractivity contribution in [1.29, 1.82) is 0 Å². The first-order valence-corrected chi connectivity index (χ1v) is 7.47. The molecule has 4 rings (SSSR count). The predicted octanol–water partition coefficient (Wildman–Crippen LogP) is 1.88. The van der Waals surface area contributed by atoms with Crippen LogP contribution in [0.25, 0.3) is 10.2 Å². The van der Waals surface area contributed by atoms with Gasteiger partial charge in [0.25, 0.3) is 0 Å². The third kappa shape index (κ3) is 1.54. The van der Waals surface area contributed by atoms with E-state index in [9.17, 15) is 0 Å². The molecule has 2 fully saturated rings. The molecule has 0 spiro atoms. The van der Waals surface area contributed by atoms with Crippen LogP contribution in [0.4, 0.5) is 5.82 Å². The molecule has 4 heterocycles. The van der Waals surface area contributed by atoms with Crippen LogP contribution < -0.4 is 10.2 Å². The molecule has 18 heavy (non-hydrogen) atoms. The van der Waals surface area contributed by atoms with Gasteiger partial charge in [-0.3, -0.25) is 0 Å². The van der Waals surface area contributed by atoms with Crippen LogP contribution in [0.15, 0.2) is 17.8 Å². The van der Waals surface area contributed by atoms with Crippen molar-refractivity contribution in [2.24, 2.45) is 5.92 Å². The predicted molar refractivity (Wildman–Crippen MR) is 74.1 cm³/mol. The molecule has 4 nitrogen and oxygen atoms in total. The minimum Gasteiger partial charge on any atom is -0.351 e. The SMILES string of the molecule is c1nc(N2CCCC3CNCC32)c2sccc2n1. The van der Waals surface area contributed by atoms with Crippen LogP contribution >= 0.6 is 11.3 Å². The fourth-order valence-corrected chi connectivity index (χ4v) is 4.16. The van der Waals surface area contributed by atoms with Gasteiger partial charge in [-0.1, -0.05) is 0 Å². The van der Waals surface area contributed by atoms with Gasteiger partial charge in [-0.25, -0.2) is 9.97 Å². The lowest BCUT2D eigenvalue weighted by atomic mass is 9.92. The number of fused-ring (bicyclic) bond motifs is 2. The Hall–Kier alpha value is -1.20. The topological polar surface area (TPSA) is 41.1 Å². The van der Waals surface area contributed by atoms with E-state index in [2.05, 4.69) is 31.6 Å². The number of nitrogens with zero attached hydrogens (tertiary/aromatic N) is 3. The van der Waals surface area contributed by atoms with Crippen molar-refractivity contribution < 1.29 is 0 Å². The Bertz CT molecular complexity index is 567. The highest BCUT2D eigenvalue weighted by molar-refractivity contribution is 7.17. The Morgan fingerprint density at radius 1 is 1.33 bits per heavy atom. The Morgan fingerprint density at radius 3 is 3.33 bits per heavy atom. The molecule has 2 atom stereocenters. The van der Waals surface area contributed by atoms with Crippen molar-refractivity contribution in [2.45, 2.75) is 18.9 Å². The summed E-state index contributed by atoms with van der Waals surface area (Å²) < 4.78 is 1.24. The van der Waals surface area contributed by atoms with E-state index in [0.29, 0.717) is 6.04 Å². The maximum Gasteiger partial charge on any atom is 0.150 e. The number of hydrogen-bond donors (Lipinski definition) is 1. The average molecular weight is 260 g/mol. The van der Waals surface area contributed by atoms with Crippen LogP contribution in [0.2, 0.25) is 0 Å². The zero-order valence-corrected chi connectivity index (χ0v) is 11.0. The van der Waals surface area contributed by atoms with E-state index in [1.165, 1.54) is 24.1 Å². The van der Waals surface area contributed by atoms with E-state index in [-0.39, 0.29) is 0 Å². The minimum atomic E-state index is 0.624. The number of piperidine rings is 1. The first-order valence-electron chi connectivity index (χ1n) is 6.59. The molecule has 1 N–H and O–H groups in total. The van der Waals surface area contributed by atoms with Gasteiger partial charge in [0.1, 0.15) is 12.1 Å². The Morgan fingerprint density at radius 2 is 2.33 bits per heavy atom. The Kier molecular flexibility index (Phi) is 2.48. The van der Waals surface area contributed by atoms with E-state index in [1.807, 2.05) is 0 Å². The Balaban J connectivity index is 1.79. The molecule has 0 saturated carbocycles. The van der Waals surface area contributed by atoms with Gasteiger partial charge in [0.15, 0.2) is 0 Å². The van der Waals surface area contributed by atoms with Gasteiger partial charge in [0.2, 0.25) is 0 Å². The summed E-state index contributed by atoms with van der Waals surface area (Å²) in [5.74, 6) is 1.94. The largest absolute Gasteiger partial charge is 0.351 e. The monoisotopic (exact) mass is 260 g/mol. The van der Waals surface area contributed by atoms with E-state index in [1.54, 1.807) is 17.7 Å². The van der Waals surface area contributed by atoms with Crippen LogP contribution in [0.5, 0.6) is 0 Å². The third-order valence-electron chi connectivity index (χ3n) is 4.17. The van der Waals surface area contributed by atoms with E-state index in [4.69, 9.17) is 0 Å². The highest BCUT2D eigenvalue weighted by Gasteiger charge is 2.36. The maximum atomic E-state index is 4.56. The lowest BCUT2D eigenvalue weighted by Crippen LogP contribution is -2.45. The lowest BCUT2D eigenvalue weighted by molar-refractivity contribution is 0.384. The maximum absolute atomic E-state index is 4.56. The smallest absolute Gasteiger partial charge is 0.150 e. The molecule has 94 valence electrons. The van der Waals surface area contributed by atoms with Gasteiger partial charge in [-0.15, -0.1) is 11.3 Å². The summed E-state index contributed by atoms with van der Waals surface area (Å²) in [4.78, 5) is 11.4. The molecule has 0 bridgehead atoms. The number of rotatable bonds is 1. The van der Waals surface area contributed by atoms with Gasteiger partial charge in [-0.05, 0) is 30.2 Å². The van der Waals surface area contributed by atoms with Gasteiger partial charge < -0.3 is 10.2 Å². The molecular weight excluding hydrogens is 244 g/mol. The van der Waals surface area contributed by atoms with Crippen LogP contribution in [0.1, 0.15) is 12.8 Å². The molecule has 2 aliphatic heterocycles. The van der Waals surface area contributed by atoms with Gasteiger partial charge in [0, 0.05) is 25.7 Å². The lowest BCUT2D eigenvalue weighted by Gasteiger charge is -2.38. The Labute approximate surface area is 110 Å². The number of aromatic nitrogens is 2. The molecule has 2 aromatic heterocycles. The fourth-order valence-electron chi connectivity index (χ4n) is 3.31. The summed E-state index contributed by atoms with van der Waals surface area (Å²) in [5.41, 5.74) is 1.08. The summed E-state index contributed by atoms with van der Waals surface area (Å²) in [6, 6.07) is 2.71. The molecule has 2 unspecified atom stereocenters. The van der Waals surface area contributed by atoms with Crippen LogP contribution in [0, 0.1) is 5.92 Å². The summed E-state index contributed by atoms with van der Waals surface area (Å²) in [5, 5.41) is 5.63. The molecule has 0 aromatic carbocycles. The molecule has 0 radical (unpaired) electrons. The highest BCUT2D eigenvalue weighted by Crippen LogP contribution is 2.34. The third-order valence-corrected chi connectivity index (χ3v) is 5.07. The number of thiophene rings is 1. The van der Waals surface area contributed by atoms with Crippen LogP contribution in [-0.4, -0.2) is 35.6 Å². The van der Waals surface area contributed by atoms with Crippen LogP contribution in [0.3, 0.4) is 0 Å². The molecule has 2 aromatic rings. The first-order chi connectivity index (χ1) is 8.93. The second-order valence-electron chi connectivity index (χ2n) is 5.15. The second-order valence-corrected chi connectivity index (χ2v) is 6.07. The van der Waals surface area contributed by atoms with Gasteiger partial charge in [-0.2, -0.15) is 0 Å². The highest BCUT2D eigenvalue weighted by atomic mass is 32.1. The molecule has 0 amide bonds. The zero-order chi connectivity index (χ0) is 11.9. The first kappa shape index (κ1) is 10.7. The van der Waals surface area contributed by atoms with Gasteiger partial charge in [0.05, 0.1) is 10.2 Å². The molecule has 2 saturated heterocycles. The molecular formula is C13H16N4S. The second kappa shape index (κ2) is 4.17. The number of nitrogens with one attached hydrogen (secondary N) is 1. The summed E-state index contributed by atoms with van der Waals surface area (Å²) in [6.07, 6.45) is 4.34. The van der Waals surface area contributed by atoms with Crippen molar-refractivity contribution in [2.75, 3.05) is 24.5 Å². The standard InChI is InChI=1S/C13H16N4S/c1-2-9-6-14-7-11(9)17(4-1)13-12-10(3-5-18-12)15-8-16-13/h3,5,8-9,11,14H,1-2,4,6-7H2. The van der Waals surface area contributed by atoms with Crippen molar-refractivity contribution in [3.63, 3.8) is 0 Å². The summed E-state index contributed by atoms with van der Waals surface area (Å²) in [7, 11) is 0. The average Bonchev–Trinajstić information content (AvgIpc) is 3.06. The molecule has 0 aliphatic carbocycles. The molecule has 2 aliphatic rings. The summed E-state index contributed by atoms with van der Waals surface area (Å²) >= 11 is 1.75. The summed E-state index contributed by atoms with van der Waals surface area (Å²) in [6.45, 7) is 3.40. The molecule has 5 heteroatoms. The van der Waals surface area contributed by atoms with E-state index >= 15 is 0 Å². The van der Waals surface area contributed by atoms with E-state index < -0.39 is 0 Å². The van der Waals surface area contributed by atoms with Crippen molar-refractivity contribution >= 4 is 27.4 Å². The van der Waals surface area contributed by atoms with Gasteiger partial charge >= 0.3 is 0 Å². The number of anilines is 1. The van der Waals surface area contributed by atoms with Crippen LogP contribution in [-0.2, 0) is 0 Å². The van der Waals surface area contributed by atoms with Crippen molar-refractivity contribution in [3.05, 3.63) is 17.8 Å². The van der Waals surface area contributed by atoms with E-state index in [0.717, 1.165) is 30.3 Å².